The van der Waals surface area contributed by atoms with Gasteiger partial charge in [-0.1, -0.05) is 42.5 Å². The molecule has 0 saturated heterocycles. The van der Waals surface area contributed by atoms with Gasteiger partial charge in [0.2, 0.25) is 27.7 Å². The summed E-state index contributed by atoms with van der Waals surface area (Å²) in [6, 6.07) is 11.7. The fourth-order valence-corrected chi connectivity index (χ4v) is 4.74. The highest BCUT2D eigenvalue weighted by molar-refractivity contribution is 7.89. The lowest BCUT2D eigenvalue weighted by Gasteiger charge is -2.23. The molecule has 12 nitrogen and oxygen atoms in total. The SMILES string of the molecule is CCS(=O)(=O)NC(Cc1c[nH]c2ccccc12)C(=O)NC(CCC(N)=O)C(=O)NCc1ccc(C(=N)N)cc1. The van der Waals surface area contributed by atoms with Crippen LogP contribution in [0.1, 0.15) is 36.5 Å². The van der Waals surface area contributed by atoms with E-state index in [0.29, 0.717) is 5.56 Å². The third-order valence-corrected chi connectivity index (χ3v) is 7.57. The predicted molar refractivity (Wildman–Crippen MR) is 148 cm³/mol. The largest absolute Gasteiger partial charge is 0.384 e. The monoisotopic (exact) mass is 555 g/mol. The van der Waals surface area contributed by atoms with E-state index in [1.54, 1.807) is 30.5 Å². The van der Waals surface area contributed by atoms with Crippen LogP contribution < -0.4 is 26.8 Å². The molecule has 0 radical (unpaired) electrons. The van der Waals surface area contributed by atoms with Crippen molar-refractivity contribution in [3.63, 3.8) is 0 Å². The lowest BCUT2D eigenvalue weighted by Crippen LogP contribution is -2.54. The molecule has 9 N–H and O–H groups in total. The van der Waals surface area contributed by atoms with Gasteiger partial charge in [-0.15, -0.1) is 0 Å². The second-order valence-corrected chi connectivity index (χ2v) is 11.1. The van der Waals surface area contributed by atoms with E-state index in [1.165, 1.54) is 6.92 Å². The van der Waals surface area contributed by atoms with Crippen LogP contribution in [0.3, 0.4) is 0 Å². The number of para-hydroxylation sites is 1. The molecule has 1 heterocycles. The molecule has 208 valence electrons. The van der Waals surface area contributed by atoms with Gasteiger partial charge in [0.1, 0.15) is 17.9 Å². The Morgan fingerprint density at radius 2 is 1.69 bits per heavy atom. The Hall–Kier alpha value is -4.23. The van der Waals surface area contributed by atoms with E-state index < -0.39 is 39.8 Å². The minimum atomic E-state index is -3.78. The summed E-state index contributed by atoms with van der Waals surface area (Å²) < 4.78 is 27.2. The number of H-pyrrole nitrogens is 1. The Bertz CT molecular complexity index is 1450. The number of primary amides is 1. The van der Waals surface area contributed by atoms with Gasteiger partial charge in [-0.25, -0.2) is 13.1 Å². The summed E-state index contributed by atoms with van der Waals surface area (Å²) in [6.07, 6.45) is 1.50. The average Bonchev–Trinajstić information content (AvgIpc) is 3.31. The number of nitrogens with one attached hydrogen (secondary N) is 5. The van der Waals surface area contributed by atoms with Crippen LogP contribution in [-0.2, 0) is 37.4 Å². The number of hydrogen-bond donors (Lipinski definition) is 7. The second-order valence-electron chi connectivity index (χ2n) is 9.03. The molecule has 39 heavy (non-hydrogen) atoms. The number of aromatic nitrogens is 1. The standard InChI is InChI=1S/C26H33N7O5S/c1-2-39(37,38)33-22(13-18-15-30-20-6-4-3-5-19(18)20)26(36)32-21(11-12-23(27)34)25(35)31-14-16-7-9-17(10-8-16)24(28)29/h3-10,15,21-22,30,33H,2,11-14H2,1H3,(H2,27,34)(H3,28,29)(H,31,35)(H,32,36). The Kier molecular flexibility index (Phi) is 9.79. The number of benzene rings is 2. The van der Waals surface area contributed by atoms with Crippen LogP contribution in [-0.4, -0.2) is 54.8 Å². The summed E-state index contributed by atoms with van der Waals surface area (Å²) in [6.45, 7) is 1.57. The predicted octanol–water partition coefficient (Wildman–Crippen LogP) is 0.369. The molecule has 2 atom stereocenters. The summed E-state index contributed by atoms with van der Waals surface area (Å²) >= 11 is 0. The quantitative estimate of drug-likeness (QED) is 0.110. The van der Waals surface area contributed by atoms with Gasteiger partial charge in [0, 0.05) is 35.6 Å². The van der Waals surface area contributed by atoms with Crippen molar-refractivity contribution in [1.29, 1.82) is 5.41 Å². The zero-order chi connectivity index (χ0) is 28.6. The Balaban J connectivity index is 1.77. The molecule has 2 unspecified atom stereocenters. The second kappa shape index (κ2) is 13.0. The lowest BCUT2D eigenvalue weighted by atomic mass is 10.0. The maximum Gasteiger partial charge on any atom is 0.242 e. The van der Waals surface area contributed by atoms with Crippen molar-refractivity contribution in [3.8, 4) is 0 Å². The van der Waals surface area contributed by atoms with Crippen molar-refractivity contribution < 1.29 is 22.8 Å². The minimum Gasteiger partial charge on any atom is -0.384 e. The van der Waals surface area contributed by atoms with E-state index in [0.717, 1.165) is 22.0 Å². The van der Waals surface area contributed by atoms with Gasteiger partial charge < -0.3 is 27.1 Å². The molecular weight excluding hydrogens is 522 g/mol. The molecule has 1 aromatic heterocycles. The van der Waals surface area contributed by atoms with Crippen molar-refractivity contribution >= 4 is 44.5 Å². The van der Waals surface area contributed by atoms with Crippen LogP contribution in [0.2, 0.25) is 0 Å². The van der Waals surface area contributed by atoms with Gasteiger partial charge >= 0.3 is 0 Å². The van der Waals surface area contributed by atoms with E-state index >= 15 is 0 Å². The van der Waals surface area contributed by atoms with E-state index in [-0.39, 0.29) is 37.4 Å². The van der Waals surface area contributed by atoms with Crippen molar-refractivity contribution in [2.75, 3.05) is 5.75 Å². The number of hydrogen-bond acceptors (Lipinski definition) is 6. The van der Waals surface area contributed by atoms with Gasteiger partial charge in [0.05, 0.1) is 5.75 Å². The van der Waals surface area contributed by atoms with Crippen molar-refractivity contribution in [2.45, 2.75) is 44.8 Å². The maximum atomic E-state index is 13.4. The van der Waals surface area contributed by atoms with E-state index in [9.17, 15) is 22.8 Å². The lowest BCUT2D eigenvalue weighted by molar-refractivity contribution is -0.130. The molecule has 0 aliphatic heterocycles. The van der Waals surface area contributed by atoms with E-state index in [2.05, 4.69) is 20.3 Å². The molecule has 0 aliphatic carbocycles. The minimum absolute atomic E-state index is 0.0295. The highest BCUT2D eigenvalue weighted by Gasteiger charge is 2.29. The number of amides is 3. The van der Waals surface area contributed by atoms with Crippen molar-refractivity contribution in [3.05, 3.63) is 71.4 Å². The Labute approximate surface area is 226 Å². The number of rotatable bonds is 14. The molecule has 0 aliphatic rings. The first-order valence-corrected chi connectivity index (χ1v) is 14.0. The van der Waals surface area contributed by atoms with Gasteiger partial charge in [0.25, 0.3) is 0 Å². The summed E-state index contributed by atoms with van der Waals surface area (Å²) in [4.78, 5) is 40.9. The molecule has 0 spiro atoms. The first-order valence-electron chi connectivity index (χ1n) is 12.3. The Morgan fingerprint density at radius 1 is 1.00 bits per heavy atom. The number of carbonyl (C=O) groups excluding carboxylic acids is 3. The third kappa shape index (κ3) is 8.38. The van der Waals surface area contributed by atoms with Gasteiger partial charge in [-0.2, -0.15) is 0 Å². The smallest absolute Gasteiger partial charge is 0.242 e. The number of aromatic amines is 1. The molecule has 2 aromatic carbocycles. The number of nitrogens with two attached hydrogens (primary N) is 2. The third-order valence-electron chi connectivity index (χ3n) is 6.16. The number of carbonyl (C=O) groups is 3. The molecule has 3 rings (SSSR count). The molecule has 0 bridgehead atoms. The normalized spacial score (nSPS) is 12.9. The summed E-state index contributed by atoms with van der Waals surface area (Å²) in [5.41, 5.74) is 13.5. The number of sulfonamides is 1. The highest BCUT2D eigenvalue weighted by Crippen LogP contribution is 2.19. The van der Waals surface area contributed by atoms with Crippen molar-refractivity contribution in [1.82, 2.24) is 20.3 Å². The number of fused-ring (bicyclic) bond motifs is 1. The molecule has 0 fully saturated rings. The molecular formula is C26H33N7O5S. The number of nitrogen functional groups attached to an aromatic ring is 1. The average molecular weight is 556 g/mol. The van der Waals surface area contributed by atoms with Crippen LogP contribution in [0.5, 0.6) is 0 Å². The molecule has 3 amide bonds. The van der Waals surface area contributed by atoms with Crippen LogP contribution in [0, 0.1) is 5.41 Å². The fourth-order valence-electron chi connectivity index (χ4n) is 3.95. The maximum absolute atomic E-state index is 13.4. The van der Waals surface area contributed by atoms with Crippen LogP contribution in [0.15, 0.2) is 54.7 Å². The number of amidine groups is 1. The van der Waals surface area contributed by atoms with Crippen LogP contribution >= 0.6 is 0 Å². The van der Waals surface area contributed by atoms with Gasteiger partial charge in [-0.3, -0.25) is 19.8 Å². The van der Waals surface area contributed by atoms with Gasteiger partial charge in [0.15, 0.2) is 0 Å². The summed E-state index contributed by atoms with van der Waals surface area (Å²) in [5, 5.41) is 13.6. The fraction of sp³-hybridized carbons (Fsp3) is 0.308. The molecule has 0 saturated carbocycles. The van der Waals surface area contributed by atoms with E-state index in [1.807, 2.05) is 24.3 Å². The summed E-state index contributed by atoms with van der Waals surface area (Å²) in [5.74, 6) is -2.25. The molecule has 13 heteroatoms. The zero-order valence-corrected chi connectivity index (χ0v) is 22.3. The highest BCUT2D eigenvalue weighted by atomic mass is 32.2. The topological polar surface area (TPSA) is 213 Å². The van der Waals surface area contributed by atoms with Crippen molar-refractivity contribution in [2.24, 2.45) is 11.5 Å². The van der Waals surface area contributed by atoms with Gasteiger partial charge in [-0.05, 0) is 37.0 Å². The Morgan fingerprint density at radius 3 is 2.33 bits per heavy atom. The van der Waals surface area contributed by atoms with Crippen LogP contribution in [0.4, 0.5) is 0 Å². The first kappa shape index (κ1) is 29.3. The molecule has 3 aromatic rings. The first-order chi connectivity index (χ1) is 18.5. The summed E-state index contributed by atoms with van der Waals surface area (Å²) in [7, 11) is -3.78. The zero-order valence-electron chi connectivity index (χ0n) is 21.5. The van der Waals surface area contributed by atoms with E-state index in [4.69, 9.17) is 16.9 Å². The van der Waals surface area contributed by atoms with Crippen LogP contribution in [0.25, 0.3) is 10.9 Å².